The third kappa shape index (κ3) is 9.17. The van der Waals surface area contributed by atoms with Crippen LogP contribution in [0, 0.1) is 5.92 Å². The number of amides is 1. The Morgan fingerprint density at radius 2 is 1.70 bits per heavy atom. The van der Waals surface area contributed by atoms with Crippen LogP contribution >= 0.6 is 0 Å². The summed E-state index contributed by atoms with van der Waals surface area (Å²) in [5, 5.41) is 4.38. The molecule has 1 amide bonds. The van der Waals surface area contributed by atoms with E-state index in [0.29, 0.717) is 12.3 Å². The molecule has 0 unspecified atom stereocenters. The molecule has 0 spiro atoms. The maximum absolute atomic E-state index is 11.9. The lowest BCUT2D eigenvalue weighted by Crippen LogP contribution is -2.20. The second-order valence-electron chi connectivity index (χ2n) is 6.58. The molecule has 0 aliphatic carbocycles. The fourth-order valence-corrected chi connectivity index (χ4v) is 2.50. The van der Waals surface area contributed by atoms with Gasteiger partial charge in [0.1, 0.15) is 0 Å². The zero-order valence-electron chi connectivity index (χ0n) is 15.0. The number of carbonyl (C=O) groups excluding carboxylic acids is 1. The van der Waals surface area contributed by atoms with Crippen molar-refractivity contribution in [2.24, 2.45) is 11.0 Å². The number of rotatable bonds is 11. The van der Waals surface area contributed by atoms with Crippen LogP contribution in [0.5, 0.6) is 0 Å². The molecule has 0 aromatic heterocycles. The van der Waals surface area contributed by atoms with Crippen LogP contribution < -0.4 is 5.43 Å². The molecule has 0 fully saturated rings. The first kappa shape index (κ1) is 19.4. The molecule has 1 rings (SSSR count). The van der Waals surface area contributed by atoms with Gasteiger partial charge in [-0.15, -0.1) is 0 Å². The average molecular weight is 316 g/mol. The zero-order chi connectivity index (χ0) is 16.9. The quantitative estimate of drug-likeness (QED) is 0.336. The van der Waals surface area contributed by atoms with Crippen molar-refractivity contribution in [1.82, 2.24) is 5.43 Å². The Morgan fingerprint density at radius 1 is 1.04 bits per heavy atom. The predicted molar refractivity (Wildman–Crippen MR) is 98.6 cm³/mol. The highest BCUT2D eigenvalue weighted by atomic mass is 16.2. The Morgan fingerprint density at radius 3 is 2.35 bits per heavy atom. The summed E-state index contributed by atoms with van der Waals surface area (Å²) in [6, 6.07) is 10.1. The summed E-state index contributed by atoms with van der Waals surface area (Å²) in [6.45, 7) is 6.54. The van der Waals surface area contributed by atoms with Gasteiger partial charge in [-0.1, -0.05) is 83.2 Å². The fraction of sp³-hybridized carbons (Fsp3) is 0.600. The number of carbonyl (C=O) groups is 1. The molecule has 0 atom stereocenters. The van der Waals surface area contributed by atoms with Gasteiger partial charge in [0, 0.05) is 6.42 Å². The van der Waals surface area contributed by atoms with E-state index in [1.807, 2.05) is 30.3 Å². The summed E-state index contributed by atoms with van der Waals surface area (Å²) >= 11 is 0. The Hall–Kier alpha value is -1.64. The van der Waals surface area contributed by atoms with E-state index in [4.69, 9.17) is 0 Å². The van der Waals surface area contributed by atoms with Crippen LogP contribution in [-0.2, 0) is 4.79 Å². The second-order valence-corrected chi connectivity index (χ2v) is 6.58. The van der Waals surface area contributed by atoms with Crippen LogP contribution in [0.25, 0.3) is 0 Å². The van der Waals surface area contributed by atoms with Crippen molar-refractivity contribution >= 4 is 11.6 Å². The summed E-state index contributed by atoms with van der Waals surface area (Å²) in [7, 11) is 0. The average Bonchev–Trinajstić information content (AvgIpc) is 2.55. The Kier molecular flexibility index (Phi) is 10.0. The predicted octanol–water partition coefficient (Wildman–Crippen LogP) is 5.30. The van der Waals surface area contributed by atoms with E-state index < -0.39 is 0 Å². The summed E-state index contributed by atoms with van der Waals surface area (Å²) in [6.07, 6.45) is 8.58. The molecule has 0 aliphatic rings. The number of benzene rings is 1. The lowest BCUT2D eigenvalue weighted by molar-refractivity contribution is -0.121. The van der Waals surface area contributed by atoms with Gasteiger partial charge in [0.05, 0.1) is 5.71 Å². The van der Waals surface area contributed by atoms with Gasteiger partial charge in [0.15, 0.2) is 0 Å². The summed E-state index contributed by atoms with van der Waals surface area (Å²) in [5.41, 5.74) is 4.78. The lowest BCUT2D eigenvalue weighted by atomic mass is 10.0. The van der Waals surface area contributed by atoms with Gasteiger partial charge < -0.3 is 0 Å². The van der Waals surface area contributed by atoms with Crippen molar-refractivity contribution < 1.29 is 4.79 Å². The first-order chi connectivity index (χ1) is 11.1. The van der Waals surface area contributed by atoms with Gasteiger partial charge >= 0.3 is 0 Å². The molecule has 1 aromatic rings. The number of hydrogen-bond donors (Lipinski definition) is 1. The van der Waals surface area contributed by atoms with Crippen molar-refractivity contribution in [3.05, 3.63) is 35.9 Å². The normalized spacial score (nSPS) is 11.7. The lowest BCUT2D eigenvalue weighted by Gasteiger charge is -2.10. The molecular formula is C20H32N2O. The number of unbranched alkanes of at least 4 members (excludes halogenated alkanes) is 5. The fourth-order valence-electron chi connectivity index (χ4n) is 2.50. The highest BCUT2D eigenvalue weighted by Gasteiger charge is 2.07. The van der Waals surface area contributed by atoms with E-state index >= 15 is 0 Å². The first-order valence-corrected chi connectivity index (χ1v) is 9.04. The molecule has 0 aliphatic heterocycles. The van der Waals surface area contributed by atoms with Crippen molar-refractivity contribution in [2.75, 3.05) is 0 Å². The SMILES string of the molecule is CCCCCCCCC(=O)N/N=C(\CC(C)C)c1ccccc1. The van der Waals surface area contributed by atoms with E-state index in [0.717, 1.165) is 30.5 Å². The Bertz CT molecular complexity index is 466. The summed E-state index contributed by atoms with van der Waals surface area (Å²) < 4.78 is 0. The minimum absolute atomic E-state index is 0.0256. The molecular weight excluding hydrogens is 284 g/mol. The molecule has 23 heavy (non-hydrogen) atoms. The van der Waals surface area contributed by atoms with E-state index in [1.54, 1.807) is 0 Å². The van der Waals surface area contributed by atoms with Crippen LogP contribution in [0.1, 0.15) is 77.7 Å². The van der Waals surface area contributed by atoms with Gasteiger partial charge in [-0.05, 0) is 24.3 Å². The Labute approximate surface area is 141 Å². The molecule has 0 bridgehead atoms. The molecule has 3 nitrogen and oxygen atoms in total. The minimum atomic E-state index is 0.0256. The van der Waals surface area contributed by atoms with Gasteiger partial charge in [0.25, 0.3) is 0 Å². The van der Waals surface area contributed by atoms with E-state index in [-0.39, 0.29) is 5.91 Å². The molecule has 0 saturated carbocycles. The standard InChI is InChI=1S/C20H32N2O/c1-4-5-6-7-8-12-15-20(23)22-21-19(16-17(2)3)18-13-10-9-11-14-18/h9-11,13-14,17H,4-8,12,15-16H2,1-3H3,(H,22,23)/b21-19+. The largest absolute Gasteiger partial charge is 0.273 e. The number of hydrogen-bond acceptors (Lipinski definition) is 2. The smallest absolute Gasteiger partial charge is 0.240 e. The van der Waals surface area contributed by atoms with Crippen LogP contribution in [0.3, 0.4) is 0 Å². The summed E-state index contributed by atoms with van der Waals surface area (Å²) in [5.74, 6) is 0.530. The highest BCUT2D eigenvalue weighted by Crippen LogP contribution is 2.10. The van der Waals surface area contributed by atoms with Crippen LogP contribution in [0.15, 0.2) is 35.4 Å². The third-order valence-corrected chi connectivity index (χ3v) is 3.78. The van der Waals surface area contributed by atoms with Crippen LogP contribution in [0.4, 0.5) is 0 Å². The molecule has 0 radical (unpaired) electrons. The molecule has 3 heteroatoms. The van der Waals surface area contributed by atoms with Gasteiger partial charge in [-0.25, -0.2) is 5.43 Å². The molecule has 128 valence electrons. The van der Waals surface area contributed by atoms with E-state index in [2.05, 4.69) is 31.3 Å². The van der Waals surface area contributed by atoms with E-state index in [1.165, 1.54) is 25.7 Å². The maximum Gasteiger partial charge on any atom is 0.240 e. The summed E-state index contributed by atoms with van der Waals surface area (Å²) in [4.78, 5) is 11.9. The monoisotopic (exact) mass is 316 g/mol. The minimum Gasteiger partial charge on any atom is -0.273 e. The van der Waals surface area contributed by atoms with E-state index in [9.17, 15) is 4.79 Å². The van der Waals surface area contributed by atoms with Gasteiger partial charge in [0.2, 0.25) is 5.91 Å². The van der Waals surface area contributed by atoms with Gasteiger partial charge in [-0.3, -0.25) is 4.79 Å². The first-order valence-electron chi connectivity index (χ1n) is 9.04. The Balaban J connectivity index is 2.42. The molecule has 0 heterocycles. The van der Waals surface area contributed by atoms with Crippen molar-refractivity contribution in [3.8, 4) is 0 Å². The number of hydrazone groups is 1. The zero-order valence-corrected chi connectivity index (χ0v) is 15.0. The topological polar surface area (TPSA) is 41.5 Å². The highest BCUT2D eigenvalue weighted by molar-refractivity contribution is 6.01. The van der Waals surface area contributed by atoms with Crippen molar-refractivity contribution in [2.45, 2.75) is 72.1 Å². The van der Waals surface area contributed by atoms with Crippen molar-refractivity contribution in [1.29, 1.82) is 0 Å². The second kappa shape index (κ2) is 11.9. The molecule has 1 N–H and O–H groups in total. The van der Waals surface area contributed by atoms with Crippen molar-refractivity contribution in [3.63, 3.8) is 0 Å². The number of nitrogens with one attached hydrogen (secondary N) is 1. The maximum atomic E-state index is 11.9. The van der Waals surface area contributed by atoms with Crippen LogP contribution in [-0.4, -0.2) is 11.6 Å². The molecule has 0 saturated heterocycles. The van der Waals surface area contributed by atoms with Gasteiger partial charge in [-0.2, -0.15) is 5.10 Å². The third-order valence-electron chi connectivity index (χ3n) is 3.78. The molecule has 1 aromatic carbocycles. The number of nitrogens with zero attached hydrogens (tertiary/aromatic N) is 1. The van der Waals surface area contributed by atoms with Crippen LogP contribution in [0.2, 0.25) is 0 Å².